The smallest absolute Gasteiger partial charge is 0.326 e. The molecule has 1 aromatic heterocycles. The number of nitrogens with one attached hydrogen (secondary N) is 2. The SMILES string of the molecule is O=C(O)C[C@@H](NC(=O)NCCn1cccn1)C(=O)O. The second-order valence-electron chi connectivity index (χ2n) is 3.66. The highest BCUT2D eigenvalue weighted by Crippen LogP contribution is 1.92. The van der Waals surface area contributed by atoms with Gasteiger partial charge in [-0.25, -0.2) is 9.59 Å². The van der Waals surface area contributed by atoms with E-state index in [0.29, 0.717) is 6.54 Å². The van der Waals surface area contributed by atoms with Crippen LogP contribution in [0.25, 0.3) is 0 Å². The summed E-state index contributed by atoms with van der Waals surface area (Å²) in [4.78, 5) is 32.5. The Morgan fingerprint density at radius 1 is 1.32 bits per heavy atom. The van der Waals surface area contributed by atoms with E-state index in [9.17, 15) is 14.4 Å². The molecule has 1 rings (SSSR count). The molecule has 0 spiro atoms. The predicted octanol–water partition coefficient (Wildman–Crippen LogP) is -0.890. The summed E-state index contributed by atoms with van der Waals surface area (Å²) in [7, 11) is 0. The third-order valence-electron chi connectivity index (χ3n) is 2.17. The summed E-state index contributed by atoms with van der Waals surface area (Å²) in [5.74, 6) is -2.70. The Labute approximate surface area is 108 Å². The Kier molecular flexibility index (Phi) is 5.33. The summed E-state index contributed by atoms with van der Waals surface area (Å²) in [5.41, 5.74) is 0. The highest BCUT2D eigenvalue weighted by atomic mass is 16.4. The summed E-state index contributed by atoms with van der Waals surface area (Å²) in [5, 5.41) is 25.6. The number of carboxylic acids is 2. The number of nitrogens with zero attached hydrogens (tertiary/aromatic N) is 2. The van der Waals surface area contributed by atoms with E-state index in [1.807, 2.05) is 0 Å². The van der Waals surface area contributed by atoms with Crippen LogP contribution in [0, 0.1) is 0 Å². The molecule has 9 nitrogen and oxygen atoms in total. The summed E-state index contributed by atoms with van der Waals surface area (Å²) >= 11 is 0. The molecule has 0 fully saturated rings. The topological polar surface area (TPSA) is 134 Å². The van der Waals surface area contributed by atoms with Crippen LogP contribution >= 0.6 is 0 Å². The van der Waals surface area contributed by atoms with Crippen LogP contribution in [0.2, 0.25) is 0 Å². The lowest BCUT2D eigenvalue weighted by Gasteiger charge is -2.13. The van der Waals surface area contributed by atoms with E-state index in [4.69, 9.17) is 10.2 Å². The second-order valence-corrected chi connectivity index (χ2v) is 3.66. The zero-order chi connectivity index (χ0) is 14.3. The Balaban J connectivity index is 2.32. The molecular formula is C10H14N4O5. The van der Waals surface area contributed by atoms with Crippen molar-refractivity contribution >= 4 is 18.0 Å². The minimum atomic E-state index is -1.46. The zero-order valence-electron chi connectivity index (χ0n) is 9.94. The van der Waals surface area contributed by atoms with E-state index >= 15 is 0 Å². The average Bonchev–Trinajstić information content (AvgIpc) is 2.80. The standard InChI is InChI=1S/C10H14N4O5/c15-8(16)6-7(9(17)18)13-10(19)11-3-5-14-4-1-2-12-14/h1-2,4,7H,3,5-6H2,(H,15,16)(H,17,18)(H2,11,13,19)/t7-/m1/s1. The number of rotatable bonds is 7. The van der Waals surface area contributed by atoms with E-state index in [1.165, 1.54) is 0 Å². The van der Waals surface area contributed by atoms with E-state index < -0.39 is 30.4 Å². The lowest BCUT2D eigenvalue weighted by atomic mass is 10.2. The van der Waals surface area contributed by atoms with Gasteiger partial charge in [0.1, 0.15) is 6.04 Å². The second kappa shape index (κ2) is 6.99. The maximum Gasteiger partial charge on any atom is 0.326 e. The lowest BCUT2D eigenvalue weighted by Crippen LogP contribution is -2.47. The molecule has 104 valence electrons. The van der Waals surface area contributed by atoms with Gasteiger partial charge in [-0.1, -0.05) is 0 Å². The van der Waals surface area contributed by atoms with Gasteiger partial charge < -0.3 is 20.8 Å². The Bertz CT molecular complexity index is 445. The number of urea groups is 1. The van der Waals surface area contributed by atoms with Crippen LogP contribution < -0.4 is 10.6 Å². The molecule has 0 bridgehead atoms. The molecule has 0 saturated carbocycles. The number of hydrogen-bond acceptors (Lipinski definition) is 4. The summed E-state index contributed by atoms with van der Waals surface area (Å²) in [6.45, 7) is 0.671. The normalized spacial score (nSPS) is 11.6. The summed E-state index contributed by atoms with van der Waals surface area (Å²) in [6.07, 6.45) is 2.62. The van der Waals surface area contributed by atoms with Crippen LogP contribution in [-0.2, 0) is 16.1 Å². The molecule has 0 aliphatic heterocycles. The van der Waals surface area contributed by atoms with E-state index in [-0.39, 0.29) is 6.54 Å². The van der Waals surface area contributed by atoms with Crippen LogP contribution in [-0.4, -0.2) is 50.5 Å². The molecule has 0 radical (unpaired) electrons. The third-order valence-corrected chi connectivity index (χ3v) is 2.17. The van der Waals surface area contributed by atoms with Crippen LogP contribution in [0.4, 0.5) is 4.79 Å². The highest BCUT2D eigenvalue weighted by Gasteiger charge is 2.22. The molecule has 1 aromatic rings. The van der Waals surface area contributed by atoms with Gasteiger partial charge in [0.2, 0.25) is 0 Å². The summed E-state index contributed by atoms with van der Waals surface area (Å²) in [6, 6.07) is -0.462. The molecule has 0 saturated heterocycles. The number of amides is 2. The van der Waals surface area contributed by atoms with Gasteiger partial charge in [-0.3, -0.25) is 9.48 Å². The highest BCUT2D eigenvalue weighted by molar-refractivity contribution is 5.86. The van der Waals surface area contributed by atoms with Crippen LogP contribution in [0.3, 0.4) is 0 Å². The monoisotopic (exact) mass is 270 g/mol. The maximum absolute atomic E-state index is 11.4. The lowest BCUT2D eigenvalue weighted by molar-refractivity contribution is -0.145. The molecule has 4 N–H and O–H groups in total. The van der Waals surface area contributed by atoms with Gasteiger partial charge in [0.05, 0.1) is 13.0 Å². The number of hydrogen-bond donors (Lipinski definition) is 4. The van der Waals surface area contributed by atoms with Crippen molar-refractivity contribution in [1.29, 1.82) is 0 Å². The van der Waals surface area contributed by atoms with E-state index in [2.05, 4.69) is 15.7 Å². The van der Waals surface area contributed by atoms with E-state index in [0.717, 1.165) is 0 Å². The molecule has 19 heavy (non-hydrogen) atoms. The number of carbonyl (C=O) groups excluding carboxylic acids is 1. The summed E-state index contributed by atoms with van der Waals surface area (Å²) < 4.78 is 1.59. The fourth-order valence-corrected chi connectivity index (χ4v) is 1.30. The molecule has 2 amide bonds. The van der Waals surface area contributed by atoms with Crippen molar-refractivity contribution in [2.75, 3.05) is 6.54 Å². The number of aliphatic carboxylic acids is 2. The largest absolute Gasteiger partial charge is 0.481 e. The minimum absolute atomic E-state index is 0.243. The Morgan fingerprint density at radius 3 is 2.58 bits per heavy atom. The van der Waals surface area contributed by atoms with Crippen LogP contribution in [0.5, 0.6) is 0 Å². The fraction of sp³-hybridized carbons (Fsp3) is 0.400. The first-order valence-electron chi connectivity index (χ1n) is 5.45. The first-order chi connectivity index (χ1) is 8.99. The molecule has 1 atom stereocenters. The number of carbonyl (C=O) groups is 3. The molecular weight excluding hydrogens is 256 g/mol. The van der Waals surface area contributed by atoms with Crippen molar-refractivity contribution < 1.29 is 24.6 Å². The van der Waals surface area contributed by atoms with Gasteiger partial charge >= 0.3 is 18.0 Å². The van der Waals surface area contributed by atoms with Crippen molar-refractivity contribution in [3.05, 3.63) is 18.5 Å². The Morgan fingerprint density at radius 2 is 2.05 bits per heavy atom. The van der Waals surface area contributed by atoms with E-state index in [1.54, 1.807) is 23.1 Å². The van der Waals surface area contributed by atoms with Gasteiger partial charge in [-0.05, 0) is 6.07 Å². The van der Waals surface area contributed by atoms with Gasteiger partial charge in [0, 0.05) is 18.9 Å². The average molecular weight is 270 g/mol. The first kappa shape index (κ1) is 14.5. The quantitative estimate of drug-likeness (QED) is 0.508. The van der Waals surface area contributed by atoms with Crippen molar-refractivity contribution in [3.8, 4) is 0 Å². The van der Waals surface area contributed by atoms with Crippen molar-refractivity contribution in [1.82, 2.24) is 20.4 Å². The maximum atomic E-state index is 11.4. The Hall–Kier alpha value is -2.58. The van der Waals surface area contributed by atoms with Crippen molar-refractivity contribution in [2.24, 2.45) is 0 Å². The molecule has 9 heteroatoms. The molecule has 1 heterocycles. The first-order valence-corrected chi connectivity index (χ1v) is 5.45. The number of aromatic nitrogens is 2. The zero-order valence-corrected chi connectivity index (χ0v) is 9.94. The fourth-order valence-electron chi connectivity index (χ4n) is 1.30. The van der Waals surface area contributed by atoms with Crippen molar-refractivity contribution in [2.45, 2.75) is 19.0 Å². The predicted molar refractivity (Wildman–Crippen MR) is 62.4 cm³/mol. The van der Waals surface area contributed by atoms with Gasteiger partial charge in [0.25, 0.3) is 0 Å². The van der Waals surface area contributed by atoms with Crippen LogP contribution in [0.1, 0.15) is 6.42 Å². The van der Waals surface area contributed by atoms with Gasteiger partial charge in [-0.15, -0.1) is 0 Å². The molecule has 0 aromatic carbocycles. The van der Waals surface area contributed by atoms with Gasteiger partial charge in [0.15, 0.2) is 0 Å². The molecule has 0 aliphatic rings. The third kappa shape index (κ3) is 5.52. The van der Waals surface area contributed by atoms with Crippen molar-refractivity contribution in [3.63, 3.8) is 0 Å². The number of carboxylic acid groups (broad SMARTS) is 2. The molecule has 0 unspecified atom stereocenters. The van der Waals surface area contributed by atoms with Crippen LogP contribution in [0.15, 0.2) is 18.5 Å². The molecule has 0 aliphatic carbocycles. The van der Waals surface area contributed by atoms with Gasteiger partial charge in [-0.2, -0.15) is 5.10 Å². The minimum Gasteiger partial charge on any atom is -0.481 e.